The number of hydrogen-bond donors (Lipinski definition) is 1. The summed E-state index contributed by atoms with van der Waals surface area (Å²) < 4.78 is 2.44. The van der Waals surface area contributed by atoms with Crippen LogP contribution in [-0.4, -0.2) is 10.6 Å². The monoisotopic (exact) mass is 270 g/mol. The quantitative estimate of drug-likeness (QED) is 0.886. The van der Waals surface area contributed by atoms with Gasteiger partial charge in [-0.1, -0.05) is 38.5 Å². The Kier molecular flexibility index (Phi) is 3.84. The van der Waals surface area contributed by atoms with Crippen LogP contribution in [0.25, 0.3) is 10.9 Å². The first-order chi connectivity index (χ1) is 9.65. The van der Waals surface area contributed by atoms with Gasteiger partial charge in [0.2, 0.25) is 0 Å². The molecule has 1 heterocycles. The number of hydrogen-bond acceptors (Lipinski definition) is 1. The summed E-state index contributed by atoms with van der Waals surface area (Å²) in [6.45, 7) is 5.66. The molecule has 0 bridgehead atoms. The molecular weight excluding hydrogens is 244 g/mol. The third kappa shape index (κ3) is 2.62. The predicted molar refractivity (Wildman–Crippen MR) is 86.0 cm³/mol. The van der Waals surface area contributed by atoms with Crippen LogP contribution in [0.15, 0.2) is 30.5 Å². The van der Waals surface area contributed by atoms with Gasteiger partial charge >= 0.3 is 0 Å². The maximum Gasteiger partial charge on any atom is 0.0483 e. The van der Waals surface area contributed by atoms with Crippen molar-refractivity contribution >= 4 is 10.9 Å². The summed E-state index contributed by atoms with van der Waals surface area (Å²) in [6.07, 6.45) is 7.31. The van der Waals surface area contributed by atoms with Crippen LogP contribution in [0.1, 0.15) is 51.0 Å². The number of benzene rings is 1. The Bertz CT molecular complexity index is 582. The molecule has 2 heteroatoms. The van der Waals surface area contributed by atoms with Gasteiger partial charge in [-0.3, -0.25) is 0 Å². The third-order valence-corrected chi connectivity index (χ3v) is 4.54. The second-order valence-corrected chi connectivity index (χ2v) is 6.77. The smallest absolute Gasteiger partial charge is 0.0483 e. The van der Waals surface area contributed by atoms with E-state index >= 15 is 0 Å². The molecule has 0 spiro atoms. The summed E-state index contributed by atoms with van der Waals surface area (Å²) in [5.74, 6) is 1.32. The lowest BCUT2D eigenvalue weighted by Crippen LogP contribution is -2.26. The van der Waals surface area contributed by atoms with Crippen LogP contribution < -0.4 is 5.73 Å². The SMILES string of the molecule is CC(C)Cn1cc(C2CCCC(N)C2)c2ccccc21. The number of fused-ring (bicyclic) bond motifs is 1. The molecule has 0 saturated heterocycles. The van der Waals surface area contributed by atoms with Gasteiger partial charge in [0.05, 0.1) is 0 Å². The van der Waals surface area contributed by atoms with Gasteiger partial charge in [-0.25, -0.2) is 0 Å². The van der Waals surface area contributed by atoms with Crippen LogP contribution in [0.3, 0.4) is 0 Å². The Balaban J connectivity index is 2.01. The number of aromatic nitrogens is 1. The van der Waals surface area contributed by atoms with Gasteiger partial charge in [-0.15, -0.1) is 0 Å². The Morgan fingerprint density at radius 3 is 2.80 bits per heavy atom. The van der Waals surface area contributed by atoms with Crippen LogP contribution in [-0.2, 0) is 6.54 Å². The number of para-hydroxylation sites is 1. The molecule has 0 radical (unpaired) electrons. The van der Waals surface area contributed by atoms with E-state index in [9.17, 15) is 0 Å². The summed E-state index contributed by atoms with van der Waals surface area (Å²) in [6, 6.07) is 9.23. The molecule has 108 valence electrons. The van der Waals surface area contributed by atoms with E-state index < -0.39 is 0 Å². The molecule has 1 aromatic carbocycles. The standard InChI is InChI=1S/C18H26N2/c1-13(2)11-20-12-17(14-6-5-7-15(19)10-14)16-8-3-4-9-18(16)20/h3-4,8-9,12-15H,5-7,10-11,19H2,1-2H3. The van der Waals surface area contributed by atoms with Crippen molar-refractivity contribution in [3.8, 4) is 0 Å². The lowest BCUT2D eigenvalue weighted by atomic mass is 9.81. The van der Waals surface area contributed by atoms with Crippen LogP contribution in [0.5, 0.6) is 0 Å². The van der Waals surface area contributed by atoms with Gasteiger partial charge in [0.15, 0.2) is 0 Å². The Labute approximate surface area is 122 Å². The lowest BCUT2D eigenvalue weighted by Gasteiger charge is -2.26. The molecule has 20 heavy (non-hydrogen) atoms. The molecule has 1 aliphatic carbocycles. The molecule has 2 nitrogen and oxygen atoms in total. The largest absolute Gasteiger partial charge is 0.347 e. The zero-order chi connectivity index (χ0) is 14.1. The van der Waals surface area contributed by atoms with Crippen molar-refractivity contribution in [2.45, 2.75) is 58.0 Å². The summed E-state index contributed by atoms with van der Waals surface area (Å²) in [4.78, 5) is 0. The minimum atomic E-state index is 0.390. The molecule has 1 saturated carbocycles. The average molecular weight is 270 g/mol. The number of rotatable bonds is 3. The first-order valence-corrected chi connectivity index (χ1v) is 7.98. The van der Waals surface area contributed by atoms with Gasteiger partial charge in [-0.05, 0) is 42.7 Å². The van der Waals surface area contributed by atoms with Gasteiger partial charge in [-0.2, -0.15) is 0 Å². The van der Waals surface area contributed by atoms with Crippen LogP contribution in [0.4, 0.5) is 0 Å². The van der Waals surface area contributed by atoms with E-state index in [1.807, 2.05) is 0 Å². The normalized spacial score (nSPS) is 23.6. The second kappa shape index (κ2) is 5.61. The van der Waals surface area contributed by atoms with Gasteiger partial charge < -0.3 is 10.3 Å². The fourth-order valence-corrected chi connectivity index (χ4v) is 3.66. The van der Waals surface area contributed by atoms with Crippen molar-refractivity contribution in [3.63, 3.8) is 0 Å². The van der Waals surface area contributed by atoms with E-state index in [1.54, 1.807) is 0 Å². The third-order valence-electron chi connectivity index (χ3n) is 4.54. The zero-order valence-electron chi connectivity index (χ0n) is 12.7. The van der Waals surface area contributed by atoms with Crippen molar-refractivity contribution in [3.05, 3.63) is 36.0 Å². The second-order valence-electron chi connectivity index (χ2n) is 6.77. The first-order valence-electron chi connectivity index (χ1n) is 7.98. The summed E-state index contributed by atoms with van der Waals surface area (Å²) in [5, 5.41) is 1.44. The Hall–Kier alpha value is -1.28. The molecule has 1 aromatic heterocycles. The van der Waals surface area contributed by atoms with Crippen molar-refractivity contribution < 1.29 is 0 Å². The highest BCUT2D eigenvalue weighted by molar-refractivity contribution is 5.84. The lowest BCUT2D eigenvalue weighted by molar-refractivity contribution is 0.394. The van der Waals surface area contributed by atoms with Crippen molar-refractivity contribution in [2.75, 3.05) is 0 Å². The molecule has 0 aliphatic heterocycles. The molecule has 1 fully saturated rings. The average Bonchev–Trinajstić information content (AvgIpc) is 2.77. The predicted octanol–water partition coefficient (Wildman–Crippen LogP) is 4.28. The Morgan fingerprint density at radius 1 is 1.25 bits per heavy atom. The van der Waals surface area contributed by atoms with Crippen LogP contribution in [0.2, 0.25) is 0 Å². The molecule has 0 amide bonds. The summed E-state index contributed by atoms with van der Waals surface area (Å²) in [7, 11) is 0. The molecule has 3 rings (SSSR count). The van der Waals surface area contributed by atoms with Gasteiger partial charge in [0.25, 0.3) is 0 Å². The van der Waals surface area contributed by atoms with Crippen molar-refractivity contribution in [2.24, 2.45) is 11.7 Å². The molecule has 2 N–H and O–H groups in total. The van der Waals surface area contributed by atoms with Gasteiger partial charge in [0.1, 0.15) is 0 Å². The zero-order valence-corrected chi connectivity index (χ0v) is 12.7. The molecule has 2 atom stereocenters. The number of nitrogens with two attached hydrogens (primary N) is 1. The van der Waals surface area contributed by atoms with E-state index in [0.717, 1.165) is 13.0 Å². The summed E-state index contributed by atoms with van der Waals surface area (Å²) >= 11 is 0. The van der Waals surface area contributed by atoms with Gasteiger partial charge in [0, 0.05) is 29.7 Å². The topological polar surface area (TPSA) is 30.9 Å². The van der Waals surface area contributed by atoms with Crippen molar-refractivity contribution in [1.29, 1.82) is 0 Å². The van der Waals surface area contributed by atoms with E-state index in [-0.39, 0.29) is 0 Å². The highest BCUT2D eigenvalue weighted by Crippen LogP contribution is 2.37. The molecule has 1 aliphatic rings. The van der Waals surface area contributed by atoms with E-state index in [1.165, 1.54) is 35.7 Å². The number of nitrogens with zero attached hydrogens (tertiary/aromatic N) is 1. The molecule has 2 aromatic rings. The van der Waals surface area contributed by atoms with E-state index in [0.29, 0.717) is 17.9 Å². The van der Waals surface area contributed by atoms with Crippen LogP contribution in [0, 0.1) is 5.92 Å². The molecule has 2 unspecified atom stereocenters. The highest BCUT2D eigenvalue weighted by Gasteiger charge is 2.23. The minimum absolute atomic E-state index is 0.390. The van der Waals surface area contributed by atoms with E-state index in [2.05, 4.69) is 48.9 Å². The fraction of sp³-hybridized carbons (Fsp3) is 0.556. The summed E-state index contributed by atoms with van der Waals surface area (Å²) in [5.41, 5.74) is 9.10. The fourth-order valence-electron chi connectivity index (χ4n) is 3.66. The Morgan fingerprint density at radius 2 is 2.05 bits per heavy atom. The van der Waals surface area contributed by atoms with Crippen molar-refractivity contribution in [1.82, 2.24) is 4.57 Å². The minimum Gasteiger partial charge on any atom is -0.347 e. The maximum atomic E-state index is 6.19. The van der Waals surface area contributed by atoms with Crippen LogP contribution >= 0.6 is 0 Å². The first kappa shape index (κ1) is 13.7. The molecular formula is C18H26N2. The highest BCUT2D eigenvalue weighted by atomic mass is 15.0. The maximum absolute atomic E-state index is 6.19. The van der Waals surface area contributed by atoms with E-state index in [4.69, 9.17) is 5.73 Å².